The van der Waals surface area contributed by atoms with E-state index in [9.17, 15) is 4.39 Å². The molecular formula is C16H27FIN3. The Balaban J connectivity index is 0.00000400. The fourth-order valence-electron chi connectivity index (χ4n) is 1.89. The number of aliphatic imine (C=N–C) groups is 1. The van der Waals surface area contributed by atoms with Gasteiger partial charge in [0.1, 0.15) is 5.82 Å². The molecule has 1 aromatic rings. The number of nitrogens with one attached hydrogen (secondary N) is 2. The molecule has 0 aliphatic carbocycles. The Bertz CT molecular complexity index is 422. The normalized spacial score (nSPS) is 11.2. The lowest BCUT2D eigenvalue weighted by atomic mass is 10.1. The number of aryl methyl sites for hydroxylation is 1. The summed E-state index contributed by atoms with van der Waals surface area (Å²) in [4.78, 5) is 4.18. The second kappa shape index (κ2) is 11.8. The van der Waals surface area contributed by atoms with Crippen molar-refractivity contribution in [3.63, 3.8) is 0 Å². The molecule has 0 amide bonds. The fraction of sp³-hybridized carbons (Fsp3) is 0.562. The predicted octanol–water partition coefficient (Wildman–Crippen LogP) is 3.59. The van der Waals surface area contributed by atoms with Gasteiger partial charge < -0.3 is 10.6 Å². The number of nitrogens with zero attached hydrogens (tertiary/aromatic N) is 1. The Morgan fingerprint density at radius 3 is 2.57 bits per heavy atom. The Labute approximate surface area is 144 Å². The van der Waals surface area contributed by atoms with Crippen LogP contribution < -0.4 is 10.6 Å². The van der Waals surface area contributed by atoms with Crippen LogP contribution in [0.15, 0.2) is 29.3 Å². The molecule has 0 saturated heterocycles. The van der Waals surface area contributed by atoms with E-state index in [0.717, 1.165) is 43.9 Å². The van der Waals surface area contributed by atoms with Crippen molar-refractivity contribution < 1.29 is 4.39 Å². The molecule has 120 valence electrons. The molecule has 0 aliphatic rings. The molecule has 0 spiro atoms. The van der Waals surface area contributed by atoms with Gasteiger partial charge in [0.15, 0.2) is 5.96 Å². The van der Waals surface area contributed by atoms with Crippen LogP contribution in [0.4, 0.5) is 4.39 Å². The van der Waals surface area contributed by atoms with Crippen molar-refractivity contribution in [1.82, 2.24) is 10.6 Å². The Morgan fingerprint density at radius 1 is 1.24 bits per heavy atom. The van der Waals surface area contributed by atoms with Crippen LogP contribution in [-0.4, -0.2) is 26.1 Å². The third-order valence-electron chi connectivity index (χ3n) is 3.06. The molecule has 2 N–H and O–H groups in total. The Morgan fingerprint density at radius 2 is 1.95 bits per heavy atom. The first-order chi connectivity index (χ1) is 9.61. The van der Waals surface area contributed by atoms with Crippen LogP contribution in [0.1, 0.15) is 32.3 Å². The van der Waals surface area contributed by atoms with Gasteiger partial charge in [-0.25, -0.2) is 4.39 Å². The minimum Gasteiger partial charge on any atom is -0.356 e. The van der Waals surface area contributed by atoms with Crippen LogP contribution in [0.5, 0.6) is 0 Å². The molecule has 1 rings (SSSR count). The second-order valence-electron chi connectivity index (χ2n) is 5.34. The maximum Gasteiger partial charge on any atom is 0.190 e. The molecule has 0 radical (unpaired) electrons. The van der Waals surface area contributed by atoms with E-state index in [2.05, 4.69) is 29.5 Å². The maximum absolute atomic E-state index is 13.0. The van der Waals surface area contributed by atoms with Crippen LogP contribution in [0.25, 0.3) is 0 Å². The average Bonchev–Trinajstić information content (AvgIpc) is 2.41. The zero-order valence-corrected chi connectivity index (χ0v) is 15.5. The van der Waals surface area contributed by atoms with E-state index in [-0.39, 0.29) is 29.8 Å². The molecule has 0 aliphatic heterocycles. The monoisotopic (exact) mass is 407 g/mol. The standard InChI is InChI=1S/C16H26FN3.HI/c1-13(2)9-11-20-16(18-3)19-10-5-7-14-6-4-8-15(17)12-14;/h4,6,8,12-13H,5,7,9-11H2,1-3H3,(H2,18,19,20);1H. The molecule has 0 bridgehead atoms. The summed E-state index contributed by atoms with van der Waals surface area (Å²) >= 11 is 0. The fourth-order valence-corrected chi connectivity index (χ4v) is 1.89. The first kappa shape index (κ1) is 20.1. The number of hydrogen-bond acceptors (Lipinski definition) is 1. The molecule has 21 heavy (non-hydrogen) atoms. The van der Waals surface area contributed by atoms with Crippen molar-refractivity contribution in [2.24, 2.45) is 10.9 Å². The van der Waals surface area contributed by atoms with Gasteiger partial charge in [-0.05, 0) is 42.9 Å². The summed E-state index contributed by atoms with van der Waals surface area (Å²) in [7, 11) is 1.78. The van der Waals surface area contributed by atoms with E-state index >= 15 is 0 Å². The lowest BCUT2D eigenvalue weighted by Crippen LogP contribution is -2.38. The Hall–Kier alpha value is -0.850. The van der Waals surface area contributed by atoms with E-state index in [4.69, 9.17) is 0 Å². The van der Waals surface area contributed by atoms with Crippen molar-refractivity contribution in [3.8, 4) is 0 Å². The SMILES string of the molecule is CN=C(NCCCc1cccc(F)c1)NCCC(C)C.I. The highest BCUT2D eigenvalue weighted by atomic mass is 127. The summed E-state index contributed by atoms with van der Waals surface area (Å²) in [5.41, 5.74) is 1.04. The lowest BCUT2D eigenvalue weighted by Gasteiger charge is -2.12. The smallest absolute Gasteiger partial charge is 0.190 e. The summed E-state index contributed by atoms with van der Waals surface area (Å²) in [5, 5.41) is 6.56. The summed E-state index contributed by atoms with van der Waals surface area (Å²) in [6, 6.07) is 6.78. The van der Waals surface area contributed by atoms with Crippen LogP contribution in [0.2, 0.25) is 0 Å². The van der Waals surface area contributed by atoms with Crippen molar-refractivity contribution in [2.45, 2.75) is 33.1 Å². The van der Waals surface area contributed by atoms with Crippen LogP contribution in [0.3, 0.4) is 0 Å². The number of guanidine groups is 1. The lowest BCUT2D eigenvalue weighted by molar-refractivity contribution is 0.573. The minimum absolute atomic E-state index is 0. The minimum atomic E-state index is -0.165. The molecule has 3 nitrogen and oxygen atoms in total. The zero-order valence-electron chi connectivity index (χ0n) is 13.2. The molecular weight excluding hydrogens is 380 g/mol. The van der Waals surface area contributed by atoms with Crippen molar-refractivity contribution in [1.29, 1.82) is 0 Å². The largest absolute Gasteiger partial charge is 0.356 e. The maximum atomic E-state index is 13.0. The highest BCUT2D eigenvalue weighted by Gasteiger charge is 1.99. The van der Waals surface area contributed by atoms with Crippen molar-refractivity contribution in [2.75, 3.05) is 20.1 Å². The molecule has 0 unspecified atom stereocenters. The number of benzene rings is 1. The third-order valence-corrected chi connectivity index (χ3v) is 3.06. The van der Waals surface area contributed by atoms with E-state index in [0.29, 0.717) is 5.92 Å². The van der Waals surface area contributed by atoms with Gasteiger partial charge in [0, 0.05) is 20.1 Å². The van der Waals surface area contributed by atoms with Gasteiger partial charge in [-0.1, -0.05) is 26.0 Å². The number of hydrogen-bond donors (Lipinski definition) is 2. The summed E-state index contributed by atoms with van der Waals surface area (Å²) in [5.74, 6) is 1.36. The average molecular weight is 407 g/mol. The van der Waals surface area contributed by atoms with Gasteiger partial charge in [0.2, 0.25) is 0 Å². The van der Waals surface area contributed by atoms with E-state index in [1.54, 1.807) is 19.2 Å². The molecule has 0 atom stereocenters. The molecule has 1 aromatic carbocycles. The van der Waals surface area contributed by atoms with Gasteiger partial charge in [-0.3, -0.25) is 4.99 Å². The van der Waals surface area contributed by atoms with Crippen LogP contribution in [0, 0.1) is 11.7 Å². The van der Waals surface area contributed by atoms with Gasteiger partial charge in [-0.15, -0.1) is 24.0 Å². The third kappa shape index (κ3) is 9.66. The molecule has 0 saturated carbocycles. The van der Waals surface area contributed by atoms with Gasteiger partial charge in [0.05, 0.1) is 0 Å². The second-order valence-corrected chi connectivity index (χ2v) is 5.34. The Kier molecular flexibility index (Phi) is 11.3. The van der Waals surface area contributed by atoms with Crippen LogP contribution in [-0.2, 0) is 6.42 Å². The highest BCUT2D eigenvalue weighted by molar-refractivity contribution is 14.0. The summed E-state index contributed by atoms with van der Waals surface area (Å²) in [6.07, 6.45) is 2.95. The van der Waals surface area contributed by atoms with Crippen molar-refractivity contribution >= 4 is 29.9 Å². The molecule has 0 aromatic heterocycles. The summed E-state index contributed by atoms with van der Waals surface area (Å²) < 4.78 is 13.0. The first-order valence-electron chi connectivity index (χ1n) is 7.30. The zero-order chi connectivity index (χ0) is 14.8. The number of halogens is 2. The van der Waals surface area contributed by atoms with Gasteiger partial charge >= 0.3 is 0 Å². The van der Waals surface area contributed by atoms with Crippen LogP contribution >= 0.6 is 24.0 Å². The molecule has 0 fully saturated rings. The molecule has 5 heteroatoms. The van der Waals surface area contributed by atoms with Gasteiger partial charge in [0.25, 0.3) is 0 Å². The highest BCUT2D eigenvalue weighted by Crippen LogP contribution is 2.05. The topological polar surface area (TPSA) is 36.4 Å². The molecule has 0 heterocycles. The quantitative estimate of drug-likeness (QED) is 0.314. The summed E-state index contributed by atoms with van der Waals surface area (Å²) in [6.45, 7) is 6.17. The van der Waals surface area contributed by atoms with Gasteiger partial charge in [-0.2, -0.15) is 0 Å². The predicted molar refractivity (Wildman–Crippen MR) is 99.0 cm³/mol. The van der Waals surface area contributed by atoms with E-state index in [1.807, 2.05) is 6.07 Å². The van der Waals surface area contributed by atoms with E-state index in [1.165, 1.54) is 6.07 Å². The van der Waals surface area contributed by atoms with E-state index < -0.39 is 0 Å². The number of rotatable bonds is 7. The van der Waals surface area contributed by atoms with Crippen molar-refractivity contribution in [3.05, 3.63) is 35.6 Å². The first-order valence-corrected chi connectivity index (χ1v) is 7.30.